The van der Waals surface area contributed by atoms with Gasteiger partial charge in [-0.3, -0.25) is 0 Å². The minimum absolute atomic E-state index is 1.12. The lowest BCUT2D eigenvalue weighted by Gasteiger charge is -2.27. The SMILES string of the molecule is c1ccc(-n2c3ccccc3c3ccc(N(c4ccc5sc6ccccc6c5c4)c4cccc5c4ccc4c6ccccc6ccc54)cc32)cc1. The summed E-state index contributed by atoms with van der Waals surface area (Å²) in [7, 11) is 0. The van der Waals surface area contributed by atoms with Crippen LogP contribution in [0, 0.1) is 0 Å². The van der Waals surface area contributed by atoms with Crippen molar-refractivity contribution in [1.29, 1.82) is 0 Å². The molecule has 2 nitrogen and oxygen atoms in total. The van der Waals surface area contributed by atoms with E-state index in [0.717, 1.165) is 22.7 Å². The maximum atomic E-state index is 2.47. The molecule has 238 valence electrons. The number of benzene rings is 9. The number of aromatic nitrogens is 1. The van der Waals surface area contributed by atoms with Gasteiger partial charge in [0.25, 0.3) is 0 Å². The van der Waals surface area contributed by atoms with Crippen LogP contribution in [0.25, 0.3) is 80.0 Å². The van der Waals surface area contributed by atoms with Gasteiger partial charge in [-0.15, -0.1) is 11.3 Å². The maximum absolute atomic E-state index is 2.47. The molecule has 0 aliphatic heterocycles. The molecule has 0 unspecified atom stereocenters. The van der Waals surface area contributed by atoms with Gasteiger partial charge in [-0.2, -0.15) is 0 Å². The summed E-state index contributed by atoms with van der Waals surface area (Å²) in [5.74, 6) is 0. The van der Waals surface area contributed by atoms with E-state index >= 15 is 0 Å². The van der Waals surface area contributed by atoms with Crippen molar-refractivity contribution < 1.29 is 0 Å². The molecule has 0 N–H and O–H groups in total. The van der Waals surface area contributed by atoms with E-state index in [1.165, 1.54) is 74.3 Å². The number of hydrogen-bond acceptors (Lipinski definition) is 2. The largest absolute Gasteiger partial charge is 0.310 e. The third kappa shape index (κ3) is 4.29. The Morgan fingerprint density at radius 3 is 1.88 bits per heavy atom. The van der Waals surface area contributed by atoms with Crippen LogP contribution in [0.3, 0.4) is 0 Å². The Bertz CT molecular complexity index is 3150. The van der Waals surface area contributed by atoms with Crippen LogP contribution in [0.5, 0.6) is 0 Å². The summed E-state index contributed by atoms with van der Waals surface area (Å²) in [6.45, 7) is 0. The van der Waals surface area contributed by atoms with Crippen LogP contribution in [0.2, 0.25) is 0 Å². The van der Waals surface area contributed by atoms with Crippen molar-refractivity contribution in [2.75, 3.05) is 4.90 Å². The minimum atomic E-state index is 1.12. The van der Waals surface area contributed by atoms with E-state index < -0.39 is 0 Å². The summed E-state index contributed by atoms with van der Waals surface area (Å²) in [5, 5.41) is 12.7. The van der Waals surface area contributed by atoms with Gasteiger partial charge < -0.3 is 9.47 Å². The fourth-order valence-electron chi connectivity index (χ4n) is 8.27. The first-order valence-electron chi connectivity index (χ1n) is 17.4. The molecule has 0 fully saturated rings. The van der Waals surface area contributed by atoms with Gasteiger partial charge in [-0.1, -0.05) is 121 Å². The molecule has 2 heterocycles. The molecule has 2 aromatic heterocycles. The number of hydrogen-bond donors (Lipinski definition) is 0. The Morgan fingerprint density at radius 2 is 0.961 bits per heavy atom. The molecule has 0 saturated carbocycles. The quantitative estimate of drug-likeness (QED) is 0.170. The van der Waals surface area contributed by atoms with Crippen LogP contribution >= 0.6 is 11.3 Å². The number of nitrogens with zero attached hydrogens (tertiary/aromatic N) is 2. The maximum Gasteiger partial charge on any atom is 0.0561 e. The van der Waals surface area contributed by atoms with Crippen molar-refractivity contribution in [3.05, 3.63) is 182 Å². The first kappa shape index (κ1) is 28.4. The van der Waals surface area contributed by atoms with Crippen LogP contribution in [-0.4, -0.2) is 4.57 Å². The molecule has 11 rings (SSSR count). The summed E-state index contributed by atoms with van der Waals surface area (Å²) in [5.41, 5.74) is 6.96. The van der Waals surface area contributed by atoms with E-state index in [0.29, 0.717) is 0 Å². The van der Waals surface area contributed by atoms with Crippen LogP contribution in [0.4, 0.5) is 17.1 Å². The highest BCUT2D eigenvalue weighted by Crippen LogP contribution is 2.45. The molecule has 0 bridgehead atoms. The summed E-state index contributed by atoms with van der Waals surface area (Å²) < 4.78 is 5.02. The highest BCUT2D eigenvalue weighted by atomic mass is 32.1. The number of thiophene rings is 1. The topological polar surface area (TPSA) is 8.17 Å². The van der Waals surface area contributed by atoms with E-state index in [4.69, 9.17) is 0 Å². The normalized spacial score (nSPS) is 11.9. The third-order valence-electron chi connectivity index (χ3n) is 10.5. The molecule has 0 amide bonds. The molecule has 3 heteroatoms. The Labute approximate surface area is 298 Å². The van der Waals surface area contributed by atoms with E-state index in [2.05, 4.69) is 191 Å². The Kier molecular flexibility index (Phi) is 6.16. The van der Waals surface area contributed by atoms with Crippen LogP contribution in [0.1, 0.15) is 0 Å². The second-order valence-electron chi connectivity index (χ2n) is 13.3. The van der Waals surface area contributed by atoms with Gasteiger partial charge in [-0.05, 0) is 87.6 Å². The summed E-state index contributed by atoms with van der Waals surface area (Å²) >= 11 is 1.86. The lowest BCUT2D eigenvalue weighted by molar-refractivity contribution is 1.18. The molecule has 0 radical (unpaired) electrons. The van der Waals surface area contributed by atoms with Gasteiger partial charge in [0.15, 0.2) is 0 Å². The van der Waals surface area contributed by atoms with Gasteiger partial charge in [0.1, 0.15) is 0 Å². The van der Waals surface area contributed by atoms with Crippen molar-refractivity contribution in [2.24, 2.45) is 0 Å². The number of para-hydroxylation sites is 2. The highest BCUT2D eigenvalue weighted by molar-refractivity contribution is 7.25. The summed E-state index contributed by atoms with van der Waals surface area (Å²) in [6, 6.07) is 66.9. The van der Waals surface area contributed by atoms with Crippen molar-refractivity contribution in [3.63, 3.8) is 0 Å². The van der Waals surface area contributed by atoms with Crippen LogP contribution < -0.4 is 4.90 Å². The van der Waals surface area contributed by atoms with Crippen molar-refractivity contribution >= 4 is 103 Å². The van der Waals surface area contributed by atoms with Crippen LogP contribution in [-0.2, 0) is 0 Å². The average molecular weight is 667 g/mol. The molecule has 51 heavy (non-hydrogen) atoms. The summed E-state index contributed by atoms with van der Waals surface area (Å²) in [6.07, 6.45) is 0. The van der Waals surface area contributed by atoms with Gasteiger partial charge in [0.2, 0.25) is 0 Å². The second-order valence-corrected chi connectivity index (χ2v) is 14.4. The van der Waals surface area contributed by atoms with Gasteiger partial charge in [0, 0.05) is 53.4 Å². The Morgan fingerprint density at radius 1 is 0.353 bits per heavy atom. The molecular formula is C48H30N2S. The first-order valence-corrected chi connectivity index (χ1v) is 18.3. The third-order valence-corrected chi connectivity index (χ3v) is 11.7. The second kappa shape index (κ2) is 11.0. The molecule has 0 spiro atoms. The molecule has 9 aromatic carbocycles. The molecule has 0 aliphatic rings. The fourth-order valence-corrected chi connectivity index (χ4v) is 9.35. The van der Waals surface area contributed by atoms with Gasteiger partial charge >= 0.3 is 0 Å². The number of fused-ring (bicyclic) bond motifs is 11. The predicted molar refractivity (Wildman–Crippen MR) is 221 cm³/mol. The molecule has 0 saturated heterocycles. The number of rotatable bonds is 4. The Hall–Kier alpha value is -6.42. The smallest absolute Gasteiger partial charge is 0.0561 e. The first-order chi connectivity index (χ1) is 25.3. The van der Waals surface area contributed by atoms with Crippen molar-refractivity contribution in [3.8, 4) is 5.69 Å². The van der Waals surface area contributed by atoms with E-state index in [-0.39, 0.29) is 0 Å². The Balaban J connectivity index is 1.22. The standard InChI is InChI=1S/C48H30N2S/c1-2-12-32(13-3-1)50-45-18-8-6-15-39(45)41-25-22-34(30-46(41)50)49(33-23-28-48-43(29-33)42-16-7-9-20-47(42)51-48)44-19-10-17-36-38-24-21-31-11-4-5-14-35(31)37(38)26-27-40(36)44/h1-30H. The molecule has 0 aliphatic carbocycles. The fraction of sp³-hybridized carbons (Fsp3) is 0. The monoisotopic (exact) mass is 666 g/mol. The molecular weight excluding hydrogens is 637 g/mol. The van der Waals surface area contributed by atoms with Crippen molar-refractivity contribution in [2.45, 2.75) is 0 Å². The predicted octanol–water partition coefficient (Wildman–Crippen LogP) is 14.1. The van der Waals surface area contributed by atoms with E-state index in [1.54, 1.807) is 0 Å². The zero-order valence-corrected chi connectivity index (χ0v) is 28.4. The minimum Gasteiger partial charge on any atom is -0.310 e. The van der Waals surface area contributed by atoms with E-state index in [9.17, 15) is 0 Å². The van der Waals surface area contributed by atoms with Gasteiger partial charge in [-0.25, -0.2) is 0 Å². The highest BCUT2D eigenvalue weighted by Gasteiger charge is 2.20. The van der Waals surface area contributed by atoms with E-state index in [1.807, 2.05) is 11.3 Å². The lowest BCUT2D eigenvalue weighted by atomic mass is 9.96. The lowest BCUT2D eigenvalue weighted by Crippen LogP contribution is -2.10. The van der Waals surface area contributed by atoms with Crippen LogP contribution in [0.15, 0.2) is 182 Å². The molecule has 11 aromatic rings. The number of anilines is 3. The zero-order valence-electron chi connectivity index (χ0n) is 27.6. The zero-order chi connectivity index (χ0) is 33.5. The molecule has 0 atom stereocenters. The van der Waals surface area contributed by atoms with Crippen molar-refractivity contribution in [1.82, 2.24) is 4.57 Å². The summed E-state index contributed by atoms with van der Waals surface area (Å²) in [4.78, 5) is 2.47. The average Bonchev–Trinajstić information content (AvgIpc) is 3.73. The van der Waals surface area contributed by atoms with Gasteiger partial charge in [0.05, 0.1) is 16.7 Å².